The molecule has 1 unspecified atom stereocenters. The summed E-state index contributed by atoms with van der Waals surface area (Å²) in [6.07, 6.45) is 1.24. The van der Waals surface area contributed by atoms with Gasteiger partial charge in [0.05, 0.1) is 12.0 Å². The second kappa shape index (κ2) is 10.9. The van der Waals surface area contributed by atoms with Crippen molar-refractivity contribution >= 4 is 18.0 Å². The maximum Gasteiger partial charge on any atom is 0.407 e. The normalized spacial score (nSPS) is 17.0. The highest BCUT2D eigenvalue weighted by atomic mass is 16.5. The average molecular weight is 481 g/mol. The Hall–Kier alpha value is -3.39. The molecule has 0 heterocycles. The number of rotatable bonds is 11. The number of fused-ring (bicyclic) bond motifs is 3. The molecule has 0 spiro atoms. The van der Waals surface area contributed by atoms with Gasteiger partial charge in [-0.1, -0.05) is 61.4 Å². The Bertz CT molecular complexity index is 1040. The topological polar surface area (TPSA) is 114 Å². The summed E-state index contributed by atoms with van der Waals surface area (Å²) in [7, 11) is 1.44. The number of carboxylic acid groups (broad SMARTS) is 1. The second-order valence-corrected chi connectivity index (χ2v) is 9.35. The predicted molar refractivity (Wildman–Crippen MR) is 130 cm³/mol. The zero-order chi connectivity index (χ0) is 24.9. The van der Waals surface area contributed by atoms with Crippen molar-refractivity contribution in [2.45, 2.75) is 44.2 Å². The van der Waals surface area contributed by atoms with Gasteiger partial charge in [0.25, 0.3) is 0 Å². The van der Waals surface area contributed by atoms with E-state index in [2.05, 4.69) is 22.8 Å². The molecule has 0 saturated heterocycles. The maximum atomic E-state index is 12.8. The van der Waals surface area contributed by atoms with Crippen molar-refractivity contribution in [2.75, 3.05) is 20.3 Å². The number of benzene rings is 2. The van der Waals surface area contributed by atoms with Gasteiger partial charge in [0.2, 0.25) is 5.91 Å². The molecule has 0 aliphatic heterocycles. The van der Waals surface area contributed by atoms with Gasteiger partial charge in [0, 0.05) is 19.6 Å². The number of aliphatic carboxylic acids is 1. The van der Waals surface area contributed by atoms with Crippen molar-refractivity contribution < 1.29 is 29.0 Å². The fourth-order valence-electron chi connectivity index (χ4n) is 4.66. The fourth-order valence-corrected chi connectivity index (χ4v) is 4.66. The Morgan fingerprint density at radius 2 is 1.63 bits per heavy atom. The lowest BCUT2D eigenvalue weighted by Crippen LogP contribution is -2.54. The lowest BCUT2D eigenvalue weighted by atomic mass is 9.98. The van der Waals surface area contributed by atoms with Crippen molar-refractivity contribution in [1.82, 2.24) is 10.6 Å². The lowest BCUT2D eigenvalue weighted by molar-refractivity contribution is -0.142. The molecular weight excluding hydrogens is 448 g/mol. The number of nitrogens with one attached hydrogen (secondary N) is 2. The first-order valence-corrected chi connectivity index (χ1v) is 12.0. The number of carbonyl (C=O) groups excluding carboxylic acids is 2. The molecule has 35 heavy (non-hydrogen) atoms. The van der Waals surface area contributed by atoms with E-state index in [1.54, 1.807) is 6.92 Å². The van der Waals surface area contributed by atoms with E-state index in [1.165, 1.54) is 7.11 Å². The van der Waals surface area contributed by atoms with Gasteiger partial charge in [-0.2, -0.15) is 0 Å². The number of hydrogen-bond acceptors (Lipinski definition) is 5. The smallest absolute Gasteiger partial charge is 0.407 e. The SMILES string of the molecule is CO[C@H](C)[C@H](NC(=O)OCC1c2ccccc2-c2ccccc21)C(=O)NCC(CC1CC1)C(=O)O. The molecule has 2 aliphatic carbocycles. The van der Waals surface area contributed by atoms with Crippen LogP contribution in [0.15, 0.2) is 48.5 Å². The average Bonchev–Trinajstić information content (AvgIpc) is 3.63. The third-order valence-corrected chi connectivity index (χ3v) is 6.93. The maximum absolute atomic E-state index is 12.8. The van der Waals surface area contributed by atoms with E-state index in [1.807, 2.05) is 36.4 Å². The summed E-state index contributed by atoms with van der Waals surface area (Å²) in [5.74, 6) is -1.77. The standard InChI is InChI=1S/C27H32N2O6/c1-16(34-2)24(25(30)28-14-18(26(31)32)13-17-11-12-17)29-27(33)35-15-23-21-9-5-3-7-19(21)20-8-4-6-10-22(20)23/h3-10,16-18,23-24H,11-15H2,1-2H3,(H,28,30)(H,29,33)(H,31,32)/t16-,18?,24+/m1/s1. The lowest BCUT2D eigenvalue weighted by Gasteiger charge is -2.24. The van der Waals surface area contributed by atoms with Gasteiger partial charge in [0.15, 0.2) is 0 Å². The molecule has 2 amide bonds. The Kier molecular flexibility index (Phi) is 7.70. The summed E-state index contributed by atoms with van der Waals surface area (Å²) in [4.78, 5) is 37.1. The first-order valence-electron chi connectivity index (χ1n) is 12.0. The minimum absolute atomic E-state index is 0.00394. The van der Waals surface area contributed by atoms with Crippen molar-refractivity contribution in [3.63, 3.8) is 0 Å². The van der Waals surface area contributed by atoms with Crippen LogP contribution in [0.4, 0.5) is 4.79 Å². The summed E-state index contributed by atoms with van der Waals surface area (Å²) in [6, 6.07) is 15.1. The molecule has 0 aromatic heterocycles. The predicted octanol–water partition coefficient (Wildman–Crippen LogP) is 3.55. The molecule has 2 aromatic rings. The third-order valence-electron chi connectivity index (χ3n) is 6.93. The Morgan fingerprint density at radius 1 is 1.03 bits per heavy atom. The van der Waals surface area contributed by atoms with Crippen LogP contribution >= 0.6 is 0 Å². The number of carbonyl (C=O) groups is 3. The molecule has 2 aliphatic rings. The molecule has 3 atom stereocenters. The number of methoxy groups -OCH3 is 1. The van der Waals surface area contributed by atoms with Crippen LogP contribution in [0, 0.1) is 11.8 Å². The molecule has 0 radical (unpaired) electrons. The summed E-state index contributed by atoms with van der Waals surface area (Å²) in [6.45, 7) is 1.79. The second-order valence-electron chi connectivity index (χ2n) is 9.35. The molecule has 4 rings (SSSR count). The molecular formula is C27H32N2O6. The van der Waals surface area contributed by atoms with Crippen molar-refractivity contribution in [3.8, 4) is 11.1 Å². The first-order chi connectivity index (χ1) is 16.9. The third kappa shape index (κ3) is 5.82. The van der Waals surface area contributed by atoms with Crippen LogP contribution < -0.4 is 10.6 Å². The van der Waals surface area contributed by atoms with Crippen molar-refractivity contribution in [1.29, 1.82) is 0 Å². The van der Waals surface area contributed by atoms with Crippen LogP contribution in [0.1, 0.15) is 43.2 Å². The van der Waals surface area contributed by atoms with E-state index in [-0.39, 0.29) is 19.1 Å². The van der Waals surface area contributed by atoms with Gasteiger partial charge in [0.1, 0.15) is 12.6 Å². The van der Waals surface area contributed by atoms with E-state index in [0.717, 1.165) is 35.1 Å². The summed E-state index contributed by atoms with van der Waals surface area (Å²) >= 11 is 0. The van der Waals surface area contributed by atoms with E-state index in [9.17, 15) is 19.5 Å². The Labute approximate surface area is 205 Å². The zero-order valence-corrected chi connectivity index (χ0v) is 20.0. The Morgan fingerprint density at radius 3 is 2.17 bits per heavy atom. The summed E-state index contributed by atoms with van der Waals surface area (Å²) in [5.41, 5.74) is 4.44. The molecule has 2 aromatic carbocycles. The highest BCUT2D eigenvalue weighted by Crippen LogP contribution is 2.44. The Balaban J connectivity index is 1.36. The van der Waals surface area contributed by atoms with Crippen LogP contribution in [0.5, 0.6) is 0 Å². The minimum Gasteiger partial charge on any atom is -0.481 e. The van der Waals surface area contributed by atoms with Crippen molar-refractivity contribution in [3.05, 3.63) is 59.7 Å². The van der Waals surface area contributed by atoms with Crippen LogP contribution in [0.3, 0.4) is 0 Å². The summed E-state index contributed by atoms with van der Waals surface area (Å²) in [5, 5.41) is 14.7. The molecule has 1 saturated carbocycles. The van der Waals surface area contributed by atoms with Crippen LogP contribution in [-0.4, -0.2) is 55.5 Å². The van der Waals surface area contributed by atoms with Gasteiger partial charge in [-0.05, 0) is 41.5 Å². The molecule has 186 valence electrons. The highest BCUT2D eigenvalue weighted by molar-refractivity contribution is 5.86. The van der Waals surface area contributed by atoms with Gasteiger partial charge in [-0.25, -0.2) is 4.79 Å². The zero-order valence-electron chi connectivity index (χ0n) is 20.0. The van der Waals surface area contributed by atoms with Gasteiger partial charge in [-0.3, -0.25) is 9.59 Å². The molecule has 0 bridgehead atoms. The van der Waals surface area contributed by atoms with E-state index in [0.29, 0.717) is 12.3 Å². The van der Waals surface area contributed by atoms with Gasteiger partial charge >= 0.3 is 12.1 Å². The number of hydrogen-bond donors (Lipinski definition) is 3. The minimum atomic E-state index is -1.02. The van der Waals surface area contributed by atoms with Crippen molar-refractivity contribution in [2.24, 2.45) is 11.8 Å². The largest absolute Gasteiger partial charge is 0.481 e. The monoisotopic (exact) mass is 480 g/mol. The fraction of sp³-hybridized carbons (Fsp3) is 0.444. The first kappa shape index (κ1) is 24.7. The van der Waals surface area contributed by atoms with Crippen LogP contribution in [0.2, 0.25) is 0 Å². The quantitative estimate of drug-likeness (QED) is 0.453. The van der Waals surface area contributed by atoms with E-state index in [4.69, 9.17) is 9.47 Å². The number of ether oxygens (including phenoxy) is 2. The number of carboxylic acids is 1. The molecule has 8 heteroatoms. The molecule has 3 N–H and O–H groups in total. The van der Waals surface area contributed by atoms with Crippen LogP contribution in [-0.2, 0) is 19.1 Å². The van der Waals surface area contributed by atoms with Gasteiger partial charge in [-0.15, -0.1) is 0 Å². The van der Waals surface area contributed by atoms with E-state index >= 15 is 0 Å². The van der Waals surface area contributed by atoms with Crippen LogP contribution in [0.25, 0.3) is 11.1 Å². The molecule has 8 nitrogen and oxygen atoms in total. The highest BCUT2D eigenvalue weighted by Gasteiger charge is 2.33. The number of amides is 2. The number of alkyl carbamates (subject to hydrolysis) is 1. The van der Waals surface area contributed by atoms with Gasteiger partial charge < -0.3 is 25.2 Å². The molecule has 1 fully saturated rings. The summed E-state index contributed by atoms with van der Waals surface area (Å²) < 4.78 is 10.8. The van der Waals surface area contributed by atoms with E-state index < -0.39 is 36.0 Å².